The number of likely N-dealkylation sites (tertiary alicyclic amines) is 1. The number of likely N-dealkylation sites (N-methyl/N-ethyl adjacent to an activating group) is 1. The zero-order valence-corrected chi connectivity index (χ0v) is 22.9. The lowest BCUT2D eigenvalue weighted by molar-refractivity contribution is 0.189. The van der Waals surface area contributed by atoms with Crippen molar-refractivity contribution in [2.45, 2.75) is 43.6 Å². The summed E-state index contributed by atoms with van der Waals surface area (Å²) in [5.74, 6) is 0.724. The van der Waals surface area contributed by atoms with E-state index in [1.807, 2.05) is 0 Å². The largest absolute Gasteiger partial charge is 0.303 e. The second kappa shape index (κ2) is 12.6. The SMILES string of the molecule is CN1Cc2ccccc2C(CCCN2CCC(c3ccccc3)CC2)(c2ccc(Cl)cc2)C1.Cl.Cl. The first-order chi connectivity index (χ1) is 16.1. The Morgan fingerprint density at radius 2 is 1.51 bits per heavy atom. The monoisotopic (exact) mass is 530 g/mol. The smallest absolute Gasteiger partial charge is 0.0406 e. The van der Waals surface area contributed by atoms with Gasteiger partial charge in [0.05, 0.1) is 0 Å². The van der Waals surface area contributed by atoms with Crippen molar-refractivity contribution >= 4 is 36.4 Å². The molecule has 5 rings (SSSR count). The van der Waals surface area contributed by atoms with E-state index in [1.54, 1.807) is 0 Å². The Morgan fingerprint density at radius 3 is 2.23 bits per heavy atom. The van der Waals surface area contributed by atoms with Crippen LogP contribution in [0.5, 0.6) is 0 Å². The molecule has 0 bridgehead atoms. The van der Waals surface area contributed by atoms with Crippen molar-refractivity contribution in [1.82, 2.24) is 9.80 Å². The van der Waals surface area contributed by atoms with Crippen LogP contribution in [0.25, 0.3) is 0 Å². The minimum absolute atomic E-state index is 0. The average molecular weight is 532 g/mol. The third kappa shape index (κ3) is 6.24. The molecule has 2 aliphatic heterocycles. The lowest BCUT2D eigenvalue weighted by Gasteiger charge is -2.44. The predicted molar refractivity (Wildman–Crippen MR) is 154 cm³/mol. The van der Waals surface area contributed by atoms with E-state index in [0.29, 0.717) is 0 Å². The van der Waals surface area contributed by atoms with Crippen molar-refractivity contribution in [2.75, 3.05) is 33.2 Å². The fraction of sp³-hybridized carbons (Fsp3) is 0.400. The molecule has 1 atom stereocenters. The number of halogens is 3. The van der Waals surface area contributed by atoms with Crippen molar-refractivity contribution in [2.24, 2.45) is 0 Å². The molecule has 0 spiro atoms. The predicted octanol–water partition coefficient (Wildman–Crippen LogP) is 7.57. The highest BCUT2D eigenvalue weighted by Gasteiger charge is 2.39. The molecule has 1 saturated heterocycles. The summed E-state index contributed by atoms with van der Waals surface area (Å²) in [4.78, 5) is 5.18. The van der Waals surface area contributed by atoms with Crippen molar-refractivity contribution < 1.29 is 0 Å². The topological polar surface area (TPSA) is 6.48 Å². The van der Waals surface area contributed by atoms with Crippen LogP contribution in [0.2, 0.25) is 5.02 Å². The average Bonchev–Trinajstić information content (AvgIpc) is 2.85. The highest BCUT2D eigenvalue weighted by atomic mass is 35.5. The van der Waals surface area contributed by atoms with Gasteiger partial charge in [-0.25, -0.2) is 0 Å². The molecule has 2 heterocycles. The van der Waals surface area contributed by atoms with Gasteiger partial charge >= 0.3 is 0 Å². The molecular weight excluding hydrogens is 495 g/mol. The summed E-state index contributed by atoms with van der Waals surface area (Å²) in [6.45, 7) is 5.69. The molecule has 0 N–H and O–H groups in total. The molecule has 35 heavy (non-hydrogen) atoms. The van der Waals surface area contributed by atoms with Crippen molar-refractivity contribution in [3.8, 4) is 0 Å². The zero-order chi connectivity index (χ0) is 22.7. The Balaban J connectivity index is 0.00000171. The summed E-state index contributed by atoms with van der Waals surface area (Å²) in [6.07, 6.45) is 4.92. The van der Waals surface area contributed by atoms with Gasteiger partial charge in [0.1, 0.15) is 0 Å². The summed E-state index contributed by atoms with van der Waals surface area (Å²) in [5, 5.41) is 0.813. The first-order valence-electron chi connectivity index (χ1n) is 12.4. The number of piperidine rings is 1. The minimum atomic E-state index is 0. The Kier molecular flexibility index (Phi) is 10.1. The fourth-order valence-corrected chi connectivity index (χ4v) is 6.34. The molecule has 3 aromatic carbocycles. The number of nitrogens with zero attached hydrogens (tertiary/aromatic N) is 2. The summed E-state index contributed by atoms with van der Waals surface area (Å²) in [6, 6.07) is 28.8. The summed E-state index contributed by atoms with van der Waals surface area (Å²) in [5.41, 5.74) is 5.91. The Morgan fingerprint density at radius 1 is 0.857 bits per heavy atom. The number of fused-ring (bicyclic) bond motifs is 1. The van der Waals surface area contributed by atoms with Crippen molar-refractivity contribution in [3.63, 3.8) is 0 Å². The number of rotatable bonds is 6. The summed E-state index contributed by atoms with van der Waals surface area (Å²) in [7, 11) is 2.26. The van der Waals surface area contributed by atoms with Crippen LogP contribution in [0.4, 0.5) is 0 Å². The Labute approximate surface area is 228 Å². The summed E-state index contributed by atoms with van der Waals surface area (Å²) >= 11 is 6.27. The molecular formula is C30H37Cl3N2. The molecule has 188 valence electrons. The van der Waals surface area contributed by atoms with Gasteiger partial charge in [-0.3, -0.25) is 0 Å². The molecule has 5 heteroatoms. The number of benzene rings is 3. The number of hydrogen-bond donors (Lipinski definition) is 0. The molecule has 1 unspecified atom stereocenters. The van der Waals surface area contributed by atoms with Crippen LogP contribution in [0, 0.1) is 0 Å². The van der Waals surface area contributed by atoms with E-state index in [4.69, 9.17) is 11.6 Å². The molecule has 1 fully saturated rings. The molecule has 0 aromatic heterocycles. The van der Waals surface area contributed by atoms with E-state index in [1.165, 1.54) is 61.2 Å². The summed E-state index contributed by atoms with van der Waals surface area (Å²) < 4.78 is 0. The van der Waals surface area contributed by atoms with E-state index in [-0.39, 0.29) is 30.2 Å². The molecule has 3 aromatic rings. The highest BCUT2D eigenvalue weighted by Crippen LogP contribution is 2.43. The van der Waals surface area contributed by atoms with E-state index >= 15 is 0 Å². The quantitative estimate of drug-likeness (QED) is 0.323. The van der Waals surface area contributed by atoms with Gasteiger partial charge in [-0.05, 0) is 92.7 Å². The van der Waals surface area contributed by atoms with Gasteiger partial charge in [-0.2, -0.15) is 0 Å². The van der Waals surface area contributed by atoms with Crippen LogP contribution in [-0.4, -0.2) is 43.0 Å². The standard InChI is InChI=1S/C30H35ClN2.2ClH/c1-32-22-26-10-5-6-11-29(26)30(23-32,27-12-14-28(31)15-13-27)18-7-19-33-20-16-25(17-21-33)24-8-3-2-4-9-24;;/h2-6,8-15,25H,7,16-23H2,1H3;2*1H. The number of hydrogen-bond acceptors (Lipinski definition) is 2. The van der Waals surface area contributed by atoms with Crippen LogP contribution in [0.1, 0.15) is 53.9 Å². The van der Waals surface area contributed by atoms with Gasteiger partial charge in [0.25, 0.3) is 0 Å². The maximum Gasteiger partial charge on any atom is 0.0406 e. The van der Waals surface area contributed by atoms with Crippen LogP contribution in [0.15, 0.2) is 78.9 Å². The van der Waals surface area contributed by atoms with Crippen molar-refractivity contribution in [1.29, 1.82) is 0 Å². The lowest BCUT2D eigenvalue weighted by atomic mass is 9.67. The molecule has 0 amide bonds. The minimum Gasteiger partial charge on any atom is -0.303 e. The highest BCUT2D eigenvalue weighted by molar-refractivity contribution is 6.30. The van der Waals surface area contributed by atoms with E-state index in [2.05, 4.69) is 95.7 Å². The van der Waals surface area contributed by atoms with E-state index in [0.717, 1.165) is 30.5 Å². The molecule has 2 aliphatic rings. The van der Waals surface area contributed by atoms with E-state index in [9.17, 15) is 0 Å². The first-order valence-corrected chi connectivity index (χ1v) is 12.8. The normalized spacial score (nSPS) is 21.0. The zero-order valence-electron chi connectivity index (χ0n) is 20.5. The Bertz CT molecular complexity index is 1050. The van der Waals surface area contributed by atoms with Gasteiger partial charge in [-0.1, -0.05) is 78.3 Å². The first kappa shape index (κ1) is 28.0. The van der Waals surface area contributed by atoms with Crippen LogP contribution >= 0.6 is 36.4 Å². The van der Waals surface area contributed by atoms with Gasteiger partial charge in [0.15, 0.2) is 0 Å². The van der Waals surface area contributed by atoms with Crippen LogP contribution in [0.3, 0.4) is 0 Å². The third-order valence-corrected chi connectivity index (χ3v) is 8.10. The van der Waals surface area contributed by atoms with Gasteiger partial charge in [0, 0.05) is 23.5 Å². The molecule has 0 radical (unpaired) electrons. The second-order valence-corrected chi connectivity index (χ2v) is 10.5. The van der Waals surface area contributed by atoms with Gasteiger partial charge < -0.3 is 9.80 Å². The molecule has 0 aliphatic carbocycles. The third-order valence-electron chi connectivity index (χ3n) is 7.85. The van der Waals surface area contributed by atoms with Crippen LogP contribution < -0.4 is 0 Å². The van der Waals surface area contributed by atoms with Gasteiger partial charge in [0.2, 0.25) is 0 Å². The lowest BCUT2D eigenvalue weighted by Crippen LogP contribution is -2.45. The van der Waals surface area contributed by atoms with E-state index < -0.39 is 0 Å². The fourth-order valence-electron chi connectivity index (χ4n) is 6.21. The van der Waals surface area contributed by atoms with Crippen LogP contribution in [-0.2, 0) is 12.0 Å². The maximum atomic E-state index is 6.27. The molecule has 2 nitrogen and oxygen atoms in total. The Hall–Kier alpha value is -1.55. The second-order valence-electron chi connectivity index (χ2n) is 10.0. The van der Waals surface area contributed by atoms with Crippen molar-refractivity contribution in [3.05, 3.63) is 106 Å². The molecule has 0 saturated carbocycles. The maximum absolute atomic E-state index is 6.27. The van der Waals surface area contributed by atoms with Gasteiger partial charge in [-0.15, -0.1) is 24.8 Å².